The number of hydrogen-bond donors (Lipinski definition) is 3. The number of carbonyl (C=O) groups is 3. The number of nitrogens with two attached hydrogens (primary N) is 1. The van der Waals surface area contributed by atoms with Crippen molar-refractivity contribution in [2.24, 2.45) is 17.6 Å². The molecule has 4 rings (SSSR count). The molecule has 0 aromatic heterocycles. The van der Waals surface area contributed by atoms with Crippen LogP contribution in [-0.2, 0) is 27.9 Å². The molecule has 4 atom stereocenters. The molecule has 0 unspecified atom stereocenters. The predicted molar refractivity (Wildman–Crippen MR) is 167 cm³/mol. The minimum absolute atomic E-state index is 0.101. The highest BCUT2D eigenvalue weighted by Gasteiger charge is 2.41. The van der Waals surface area contributed by atoms with E-state index in [1.807, 2.05) is 18.2 Å². The number of phenolic OH excluding ortho intramolecular Hbond substituents is 1. The number of nitrogens with one attached hydrogen (secondary N) is 1. The minimum Gasteiger partial charge on any atom is -0.508 e. The van der Waals surface area contributed by atoms with Crippen molar-refractivity contribution in [3.8, 4) is 5.75 Å². The third kappa shape index (κ3) is 7.50. The molecule has 9 nitrogen and oxygen atoms in total. The Balaban J connectivity index is 1.48. The molecular formula is C34H48N4O5. The number of carbonyl (C=O) groups excluding carboxylic acids is 3. The SMILES string of the molecule is CC(C)[C@@H](CN1CC[C@@](C)(c2cccc(C(N)=O)c2)[C@@H](C)C1)NC(=O)[C@H]1Cc2ccc(O)cc2CN1C(=O)OC(C)(C)C. The maximum absolute atomic E-state index is 13.9. The largest absolute Gasteiger partial charge is 0.508 e. The molecule has 2 heterocycles. The van der Waals surface area contributed by atoms with Crippen LogP contribution in [0.1, 0.15) is 81.9 Å². The molecule has 2 aliphatic rings. The van der Waals surface area contributed by atoms with Crippen LogP contribution in [0.15, 0.2) is 42.5 Å². The van der Waals surface area contributed by atoms with Crippen molar-refractivity contribution in [3.63, 3.8) is 0 Å². The van der Waals surface area contributed by atoms with Gasteiger partial charge in [0.1, 0.15) is 17.4 Å². The second-order valence-corrected chi connectivity index (χ2v) is 13.9. The number of phenols is 1. The van der Waals surface area contributed by atoms with Gasteiger partial charge < -0.3 is 25.8 Å². The molecule has 2 aliphatic heterocycles. The fourth-order valence-corrected chi connectivity index (χ4v) is 6.24. The van der Waals surface area contributed by atoms with E-state index in [1.54, 1.807) is 39.0 Å². The van der Waals surface area contributed by atoms with E-state index in [1.165, 1.54) is 4.90 Å². The third-order valence-electron chi connectivity index (χ3n) is 9.21. The van der Waals surface area contributed by atoms with Gasteiger partial charge in [-0.3, -0.25) is 14.5 Å². The Bertz CT molecular complexity index is 1350. The summed E-state index contributed by atoms with van der Waals surface area (Å²) >= 11 is 0. The first kappa shape index (κ1) is 32.3. The van der Waals surface area contributed by atoms with Gasteiger partial charge in [-0.25, -0.2) is 4.79 Å². The Morgan fingerprint density at radius 3 is 2.49 bits per heavy atom. The quantitative estimate of drug-likeness (QED) is 0.432. The molecule has 234 valence electrons. The average Bonchev–Trinajstić information content (AvgIpc) is 2.92. The van der Waals surface area contributed by atoms with Gasteiger partial charge in [0.2, 0.25) is 11.8 Å². The van der Waals surface area contributed by atoms with Crippen molar-refractivity contribution < 1.29 is 24.2 Å². The Morgan fingerprint density at radius 1 is 1.14 bits per heavy atom. The van der Waals surface area contributed by atoms with E-state index in [0.717, 1.165) is 36.2 Å². The van der Waals surface area contributed by atoms with Gasteiger partial charge >= 0.3 is 6.09 Å². The lowest BCUT2D eigenvalue weighted by Crippen LogP contribution is -2.58. The topological polar surface area (TPSA) is 125 Å². The Hall–Kier alpha value is -3.59. The summed E-state index contributed by atoms with van der Waals surface area (Å²) in [5.41, 5.74) is 8.13. The smallest absolute Gasteiger partial charge is 0.411 e. The predicted octanol–water partition coefficient (Wildman–Crippen LogP) is 4.59. The zero-order valence-electron chi connectivity index (χ0n) is 26.6. The second-order valence-electron chi connectivity index (χ2n) is 13.9. The summed E-state index contributed by atoms with van der Waals surface area (Å²) in [7, 11) is 0. The number of fused-ring (bicyclic) bond motifs is 1. The maximum atomic E-state index is 13.9. The number of rotatable bonds is 7. The second kappa shape index (κ2) is 12.6. The fourth-order valence-electron chi connectivity index (χ4n) is 6.24. The first-order valence-electron chi connectivity index (χ1n) is 15.3. The molecular weight excluding hydrogens is 544 g/mol. The summed E-state index contributed by atoms with van der Waals surface area (Å²) in [4.78, 5) is 42.8. The Morgan fingerprint density at radius 2 is 1.86 bits per heavy atom. The summed E-state index contributed by atoms with van der Waals surface area (Å²) in [6.45, 7) is 16.7. The van der Waals surface area contributed by atoms with E-state index < -0.39 is 23.6 Å². The zero-order chi connectivity index (χ0) is 31.7. The van der Waals surface area contributed by atoms with Gasteiger partial charge in [0.05, 0.1) is 6.54 Å². The lowest BCUT2D eigenvalue weighted by Gasteiger charge is -2.46. The van der Waals surface area contributed by atoms with Crippen molar-refractivity contribution in [1.82, 2.24) is 15.1 Å². The van der Waals surface area contributed by atoms with Crippen LogP contribution in [0.4, 0.5) is 4.79 Å². The van der Waals surface area contributed by atoms with Crippen LogP contribution < -0.4 is 11.1 Å². The van der Waals surface area contributed by atoms with Crippen molar-refractivity contribution in [1.29, 1.82) is 0 Å². The minimum atomic E-state index is -0.728. The van der Waals surface area contributed by atoms with Crippen LogP contribution in [0, 0.1) is 11.8 Å². The summed E-state index contributed by atoms with van der Waals surface area (Å²) in [5, 5.41) is 13.3. The van der Waals surface area contributed by atoms with Gasteiger partial charge in [0.25, 0.3) is 0 Å². The van der Waals surface area contributed by atoms with Crippen LogP contribution >= 0.6 is 0 Å². The van der Waals surface area contributed by atoms with Crippen LogP contribution in [-0.4, -0.2) is 70.1 Å². The molecule has 0 saturated carbocycles. The van der Waals surface area contributed by atoms with Gasteiger partial charge in [-0.2, -0.15) is 0 Å². The number of amides is 3. The molecule has 3 amide bonds. The molecule has 0 spiro atoms. The highest BCUT2D eigenvalue weighted by atomic mass is 16.6. The number of piperidine rings is 1. The number of ether oxygens (including phenoxy) is 1. The zero-order valence-corrected chi connectivity index (χ0v) is 26.6. The number of primary amides is 1. The van der Waals surface area contributed by atoms with Crippen LogP contribution in [0.2, 0.25) is 0 Å². The first-order chi connectivity index (χ1) is 20.1. The average molecular weight is 593 g/mol. The maximum Gasteiger partial charge on any atom is 0.411 e. The van der Waals surface area contributed by atoms with E-state index in [-0.39, 0.29) is 35.6 Å². The number of hydrogen-bond acceptors (Lipinski definition) is 6. The Kier molecular flexibility index (Phi) is 9.45. The van der Waals surface area contributed by atoms with Crippen molar-refractivity contribution in [2.45, 2.75) is 91.0 Å². The Labute approximate surface area is 255 Å². The van der Waals surface area contributed by atoms with Crippen LogP contribution in [0.25, 0.3) is 0 Å². The first-order valence-corrected chi connectivity index (χ1v) is 15.3. The molecule has 43 heavy (non-hydrogen) atoms. The number of nitrogens with zero attached hydrogens (tertiary/aromatic N) is 2. The molecule has 0 radical (unpaired) electrons. The van der Waals surface area contributed by atoms with Crippen LogP contribution in [0.5, 0.6) is 5.75 Å². The van der Waals surface area contributed by atoms with Gasteiger partial charge in [-0.05, 0) is 91.9 Å². The molecule has 0 aliphatic carbocycles. The van der Waals surface area contributed by atoms with E-state index in [4.69, 9.17) is 10.5 Å². The monoisotopic (exact) mass is 592 g/mol. The lowest BCUT2D eigenvalue weighted by molar-refractivity contribution is -0.128. The molecule has 9 heteroatoms. The summed E-state index contributed by atoms with van der Waals surface area (Å²) < 4.78 is 5.68. The normalized spacial score (nSPS) is 23.4. The molecule has 2 aromatic carbocycles. The molecule has 4 N–H and O–H groups in total. The van der Waals surface area contributed by atoms with Crippen molar-refractivity contribution in [2.75, 3.05) is 19.6 Å². The van der Waals surface area contributed by atoms with Crippen molar-refractivity contribution >= 4 is 17.9 Å². The molecule has 0 bridgehead atoms. The van der Waals surface area contributed by atoms with Crippen molar-refractivity contribution in [3.05, 3.63) is 64.7 Å². The van der Waals surface area contributed by atoms with Gasteiger partial charge in [-0.1, -0.05) is 45.9 Å². The number of benzene rings is 2. The van der Waals surface area contributed by atoms with E-state index in [9.17, 15) is 19.5 Å². The van der Waals surface area contributed by atoms with E-state index in [2.05, 4.69) is 44.0 Å². The summed E-state index contributed by atoms with van der Waals surface area (Å²) in [6, 6.07) is 11.9. The molecule has 2 aromatic rings. The van der Waals surface area contributed by atoms with Gasteiger partial charge in [0.15, 0.2) is 0 Å². The third-order valence-corrected chi connectivity index (χ3v) is 9.21. The van der Waals surface area contributed by atoms with Gasteiger partial charge in [-0.15, -0.1) is 0 Å². The van der Waals surface area contributed by atoms with Crippen LogP contribution in [0.3, 0.4) is 0 Å². The van der Waals surface area contributed by atoms with E-state index >= 15 is 0 Å². The standard InChI is InChI=1S/C34H48N4O5/c1-21(2)28(20-37-14-13-34(7,22(3)18-37)26-10-8-9-24(15-26)30(35)40)36-31(41)29-17-23-11-12-27(39)16-25(23)19-38(29)32(42)43-33(4,5)6/h8-12,15-16,21-22,28-29,39H,13-14,17-20H2,1-7H3,(H2,35,40)(H,36,41)/t22-,28+,29+,34+/m0/s1. The number of likely N-dealkylation sites (tertiary alicyclic amines) is 1. The highest BCUT2D eigenvalue weighted by molar-refractivity contribution is 5.93. The highest BCUT2D eigenvalue weighted by Crippen LogP contribution is 2.40. The fraction of sp³-hybridized carbons (Fsp3) is 0.559. The summed E-state index contributed by atoms with van der Waals surface area (Å²) in [5.74, 6) is -0.0279. The molecule has 1 saturated heterocycles. The van der Waals surface area contributed by atoms with Gasteiger partial charge in [0, 0.05) is 31.1 Å². The summed E-state index contributed by atoms with van der Waals surface area (Å²) in [6.07, 6.45) is 0.704. The van der Waals surface area contributed by atoms with E-state index in [0.29, 0.717) is 24.4 Å². The number of aromatic hydroxyl groups is 1. The lowest BCUT2D eigenvalue weighted by atomic mass is 9.67. The molecule has 1 fully saturated rings.